The number of amides is 2. The largest absolute Gasteiger partial charge is 0.352 e. The maximum Gasteiger partial charge on any atom is 0.264 e. The molecule has 40 heavy (non-hydrogen) atoms. The summed E-state index contributed by atoms with van der Waals surface area (Å²) < 4.78 is 29.1. The number of sulfonamides is 1. The molecule has 3 rings (SSSR count). The van der Waals surface area contributed by atoms with Gasteiger partial charge in [-0.05, 0) is 80.6 Å². The molecule has 2 atom stereocenters. The van der Waals surface area contributed by atoms with Crippen LogP contribution in [0.25, 0.3) is 0 Å². The van der Waals surface area contributed by atoms with Crippen LogP contribution in [0.2, 0.25) is 5.02 Å². The minimum absolute atomic E-state index is 0.0704. The van der Waals surface area contributed by atoms with Crippen LogP contribution in [-0.4, -0.2) is 43.8 Å². The third-order valence-corrected chi connectivity index (χ3v) is 8.92. The molecule has 2 amide bonds. The monoisotopic (exact) mass is 583 g/mol. The van der Waals surface area contributed by atoms with E-state index in [9.17, 15) is 18.0 Å². The number of hydrogen-bond donors (Lipinski definition) is 1. The van der Waals surface area contributed by atoms with Gasteiger partial charge in [-0.15, -0.1) is 0 Å². The normalized spacial score (nSPS) is 12.8. The van der Waals surface area contributed by atoms with Crippen LogP contribution in [0.1, 0.15) is 50.3 Å². The van der Waals surface area contributed by atoms with E-state index < -0.39 is 28.5 Å². The van der Waals surface area contributed by atoms with Crippen LogP contribution in [0.4, 0.5) is 5.69 Å². The molecule has 0 spiro atoms. The van der Waals surface area contributed by atoms with Gasteiger partial charge < -0.3 is 10.2 Å². The van der Waals surface area contributed by atoms with Crippen molar-refractivity contribution in [2.24, 2.45) is 0 Å². The van der Waals surface area contributed by atoms with E-state index in [1.807, 2.05) is 46.8 Å². The molecule has 0 aromatic heterocycles. The van der Waals surface area contributed by atoms with Crippen molar-refractivity contribution in [1.82, 2.24) is 10.2 Å². The van der Waals surface area contributed by atoms with Gasteiger partial charge in [-0.25, -0.2) is 8.42 Å². The highest BCUT2D eigenvalue weighted by Gasteiger charge is 2.34. The number of rotatable bonds is 12. The lowest BCUT2D eigenvalue weighted by atomic mass is 10.1. The second-order valence-electron chi connectivity index (χ2n) is 10.0. The molecule has 0 saturated heterocycles. The van der Waals surface area contributed by atoms with Gasteiger partial charge in [0.2, 0.25) is 11.8 Å². The highest BCUT2D eigenvalue weighted by Crippen LogP contribution is 2.28. The van der Waals surface area contributed by atoms with Gasteiger partial charge in [0.15, 0.2) is 0 Å². The van der Waals surface area contributed by atoms with Gasteiger partial charge in [-0.2, -0.15) is 0 Å². The Morgan fingerprint density at radius 2 is 1.57 bits per heavy atom. The summed E-state index contributed by atoms with van der Waals surface area (Å²) in [6, 6.07) is 19.7. The summed E-state index contributed by atoms with van der Waals surface area (Å²) in [5.74, 6) is -0.759. The fourth-order valence-corrected chi connectivity index (χ4v) is 5.99. The number of hydrogen-bond acceptors (Lipinski definition) is 4. The Labute approximate surface area is 243 Å². The number of benzene rings is 3. The number of carbonyl (C=O) groups is 2. The zero-order valence-electron chi connectivity index (χ0n) is 23.7. The zero-order valence-corrected chi connectivity index (χ0v) is 25.3. The lowest BCUT2D eigenvalue weighted by molar-refractivity contribution is -0.140. The number of halogens is 1. The van der Waals surface area contributed by atoms with E-state index in [1.54, 1.807) is 48.5 Å². The molecule has 2 unspecified atom stereocenters. The van der Waals surface area contributed by atoms with E-state index in [4.69, 9.17) is 11.6 Å². The van der Waals surface area contributed by atoms with Gasteiger partial charge in [0.05, 0.1) is 10.6 Å². The first kappa shape index (κ1) is 31.2. The molecular weight excluding hydrogens is 546 g/mol. The zero-order chi connectivity index (χ0) is 29.4. The molecule has 9 heteroatoms. The molecule has 0 radical (unpaired) electrons. The predicted molar refractivity (Wildman–Crippen MR) is 161 cm³/mol. The topological polar surface area (TPSA) is 86.8 Å². The Morgan fingerprint density at radius 1 is 0.925 bits per heavy atom. The smallest absolute Gasteiger partial charge is 0.264 e. The first-order valence-corrected chi connectivity index (χ1v) is 15.3. The van der Waals surface area contributed by atoms with E-state index >= 15 is 0 Å². The summed E-state index contributed by atoms with van der Waals surface area (Å²) >= 11 is 6.08. The van der Waals surface area contributed by atoms with Crippen molar-refractivity contribution in [3.63, 3.8) is 0 Å². The summed E-state index contributed by atoms with van der Waals surface area (Å²) in [6.45, 7) is 9.05. The summed E-state index contributed by atoms with van der Waals surface area (Å²) in [5.41, 5.74) is 2.76. The highest BCUT2D eigenvalue weighted by molar-refractivity contribution is 7.92. The molecule has 0 aliphatic rings. The average Bonchev–Trinajstić information content (AvgIpc) is 2.94. The molecule has 0 bridgehead atoms. The van der Waals surface area contributed by atoms with Gasteiger partial charge in [-0.1, -0.05) is 67.9 Å². The standard InChI is InChI=1S/C31H38ClN3O4S/c1-6-24(5)33-31(37)28(7-2)34(20-25-15-17-26(32)18-16-25)30(36)21-35(29-19-22(3)13-14-23(29)4)40(38,39)27-11-9-8-10-12-27/h8-19,24,28H,6-7,20-21H2,1-5H3,(H,33,37). The third kappa shape index (κ3) is 7.64. The first-order chi connectivity index (χ1) is 19.0. The molecule has 7 nitrogen and oxygen atoms in total. The Kier molecular flexibility index (Phi) is 10.8. The maximum atomic E-state index is 14.1. The first-order valence-electron chi connectivity index (χ1n) is 13.5. The molecule has 0 heterocycles. The van der Waals surface area contributed by atoms with E-state index in [1.165, 1.54) is 17.0 Å². The third-order valence-electron chi connectivity index (χ3n) is 6.90. The van der Waals surface area contributed by atoms with Gasteiger partial charge in [0.25, 0.3) is 10.0 Å². The summed E-state index contributed by atoms with van der Waals surface area (Å²) in [5, 5.41) is 3.54. The number of anilines is 1. The van der Waals surface area contributed by atoms with Crippen molar-refractivity contribution in [3.8, 4) is 0 Å². The summed E-state index contributed by atoms with van der Waals surface area (Å²) in [4.78, 5) is 29.0. The lowest BCUT2D eigenvalue weighted by Gasteiger charge is -2.34. The number of carbonyl (C=O) groups excluding carboxylic acids is 2. The maximum absolute atomic E-state index is 14.1. The van der Waals surface area contributed by atoms with E-state index in [0.717, 1.165) is 21.9 Å². The van der Waals surface area contributed by atoms with E-state index in [2.05, 4.69) is 5.32 Å². The fraction of sp³-hybridized carbons (Fsp3) is 0.355. The predicted octanol–water partition coefficient (Wildman–Crippen LogP) is 5.87. The van der Waals surface area contributed by atoms with Crippen LogP contribution in [0, 0.1) is 13.8 Å². The minimum atomic E-state index is -4.11. The van der Waals surface area contributed by atoms with Crippen LogP contribution in [-0.2, 0) is 26.2 Å². The second-order valence-corrected chi connectivity index (χ2v) is 12.3. The van der Waals surface area contributed by atoms with Crippen molar-refractivity contribution in [1.29, 1.82) is 0 Å². The summed E-state index contributed by atoms with van der Waals surface area (Å²) in [6.07, 6.45) is 1.10. The van der Waals surface area contributed by atoms with Crippen LogP contribution < -0.4 is 9.62 Å². The molecule has 0 fully saturated rings. The number of nitrogens with zero attached hydrogens (tertiary/aromatic N) is 2. The molecule has 3 aromatic rings. The minimum Gasteiger partial charge on any atom is -0.352 e. The number of nitrogens with one attached hydrogen (secondary N) is 1. The molecule has 3 aromatic carbocycles. The number of aryl methyl sites for hydroxylation is 2. The van der Waals surface area contributed by atoms with Crippen LogP contribution in [0.15, 0.2) is 77.7 Å². The highest BCUT2D eigenvalue weighted by atomic mass is 35.5. The van der Waals surface area contributed by atoms with Gasteiger partial charge >= 0.3 is 0 Å². The van der Waals surface area contributed by atoms with Crippen molar-refractivity contribution < 1.29 is 18.0 Å². The Bertz CT molecular complexity index is 1410. The van der Waals surface area contributed by atoms with Gasteiger partial charge in [0.1, 0.15) is 12.6 Å². The summed E-state index contributed by atoms with van der Waals surface area (Å²) in [7, 11) is -4.11. The Morgan fingerprint density at radius 3 is 2.17 bits per heavy atom. The lowest BCUT2D eigenvalue weighted by Crippen LogP contribution is -2.53. The fourth-order valence-electron chi connectivity index (χ4n) is 4.37. The van der Waals surface area contributed by atoms with E-state index in [-0.39, 0.29) is 23.4 Å². The van der Waals surface area contributed by atoms with Crippen LogP contribution in [0.5, 0.6) is 0 Å². The van der Waals surface area contributed by atoms with Gasteiger partial charge in [-0.3, -0.25) is 13.9 Å². The van der Waals surface area contributed by atoms with Crippen molar-refractivity contribution in [2.45, 2.75) is 71.0 Å². The molecule has 214 valence electrons. The molecule has 0 aliphatic heterocycles. The average molecular weight is 584 g/mol. The molecule has 1 N–H and O–H groups in total. The second kappa shape index (κ2) is 13.8. The van der Waals surface area contributed by atoms with Crippen LogP contribution >= 0.6 is 11.6 Å². The van der Waals surface area contributed by atoms with Crippen LogP contribution in [0.3, 0.4) is 0 Å². The van der Waals surface area contributed by atoms with E-state index in [0.29, 0.717) is 22.7 Å². The molecule has 0 aliphatic carbocycles. The van der Waals surface area contributed by atoms with Gasteiger partial charge in [0, 0.05) is 17.6 Å². The van der Waals surface area contributed by atoms with Crippen molar-refractivity contribution in [3.05, 3.63) is 94.5 Å². The van der Waals surface area contributed by atoms with Crippen molar-refractivity contribution >= 4 is 39.1 Å². The quantitative estimate of drug-likeness (QED) is 0.289. The Hall–Kier alpha value is -3.36. The SMILES string of the molecule is CCC(C)NC(=O)C(CC)N(Cc1ccc(Cl)cc1)C(=O)CN(c1cc(C)ccc1C)S(=O)(=O)c1ccccc1. The molecule has 0 saturated carbocycles. The molecular formula is C31H38ClN3O4S. The van der Waals surface area contributed by atoms with Crippen molar-refractivity contribution in [2.75, 3.05) is 10.8 Å². The Balaban J connectivity index is 2.08.